The summed E-state index contributed by atoms with van der Waals surface area (Å²) in [6.45, 7) is 5.95. The van der Waals surface area contributed by atoms with Crippen LogP contribution in [0.25, 0.3) is 0 Å². The number of ether oxygens (including phenoxy) is 2. The molecule has 0 saturated carbocycles. The second-order valence-electron chi connectivity index (χ2n) is 9.31. The topological polar surface area (TPSA) is 160 Å². The van der Waals surface area contributed by atoms with E-state index in [9.17, 15) is 19.2 Å². The van der Waals surface area contributed by atoms with E-state index in [1.54, 1.807) is 74.5 Å². The summed E-state index contributed by atoms with van der Waals surface area (Å²) in [5, 5.41) is 21.3. The van der Waals surface area contributed by atoms with Crippen LogP contribution in [0, 0.1) is 13.8 Å². The van der Waals surface area contributed by atoms with Crippen molar-refractivity contribution < 1.29 is 31.5 Å². The summed E-state index contributed by atoms with van der Waals surface area (Å²) in [6, 6.07) is 13.9. The summed E-state index contributed by atoms with van der Waals surface area (Å²) in [5.74, 6) is -1.02. The van der Waals surface area contributed by atoms with Crippen LogP contribution in [0.4, 0.5) is 22.7 Å². The molecule has 12 heteroatoms. The fourth-order valence-electron chi connectivity index (χ4n) is 3.67. The Bertz CT molecular complexity index is 1410. The molecular formula is C30H36N6O6. The quantitative estimate of drug-likeness (QED) is 0.194. The molecule has 0 saturated heterocycles. The van der Waals surface area contributed by atoms with Crippen LogP contribution >= 0.6 is 0 Å². The molecule has 0 radical (unpaired) electrons. The minimum absolute atomic E-state index is 0. The Morgan fingerprint density at radius 1 is 0.643 bits per heavy atom. The summed E-state index contributed by atoms with van der Waals surface area (Å²) < 4.78 is 10.2. The largest absolute Gasteiger partial charge is 0.497 e. The number of hydrogen-bond acceptors (Lipinski definition) is 10. The van der Waals surface area contributed by atoms with Gasteiger partial charge in [0.05, 0.1) is 25.6 Å². The second kappa shape index (κ2) is 14.4. The molecule has 0 heterocycles. The molecule has 0 bridgehead atoms. The number of methoxy groups -OCH3 is 2. The second-order valence-corrected chi connectivity index (χ2v) is 9.31. The Kier molecular flexibility index (Phi) is 10.7. The molecule has 0 fully saturated rings. The first-order valence-electron chi connectivity index (χ1n) is 12.9. The first-order chi connectivity index (χ1) is 20.0. The number of Topliss-reactive ketones (excluding diaryl/α,β-unsaturated/α-hetero) is 2. The molecule has 0 aliphatic carbocycles. The van der Waals surface area contributed by atoms with Gasteiger partial charge in [-0.2, -0.15) is 20.5 Å². The highest BCUT2D eigenvalue weighted by atomic mass is 16.5. The number of benzene rings is 3. The van der Waals surface area contributed by atoms with Crippen LogP contribution in [0.5, 0.6) is 11.5 Å². The maximum atomic E-state index is 12.9. The van der Waals surface area contributed by atoms with Gasteiger partial charge in [0.1, 0.15) is 11.5 Å². The van der Waals surface area contributed by atoms with E-state index in [1.807, 2.05) is 0 Å². The molecule has 2 amide bonds. The zero-order valence-electron chi connectivity index (χ0n) is 24.2. The molecule has 12 nitrogen and oxygen atoms in total. The maximum absolute atomic E-state index is 12.9. The van der Waals surface area contributed by atoms with Gasteiger partial charge < -0.3 is 20.1 Å². The summed E-state index contributed by atoms with van der Waals surface area (Å²) in [5.41, 5.74) is 2.94. The van der Waals surface area contributed by atoms with E-state index >= 15 is 0 Å². The lowest BCUT2D eigenvalue weighted by atomic mass is 10.1. The third kappa shape index (κ3) is 8.37. The summed E-state index contributed by atoms with van der Waals surface area (Å²) in [4.78, 5) is 50.3. The number of amides is 2. The molecule has 0 aliphatic rings. The first kappa shape index (κ1) is 31.3. The maximum Gasteiger partial charge on any atom is 0.258 e. The average Bonchev–Trinajstić information content (AvgIpc) is 2.96. The molecule has 0 spiro atoms. The van der Waals surface area contributed by atoms with Crippen LogP contribution in [0.15, 0.2) is 81.1 Å². The van der Waals surface area contributed by atoms with Crippen molar-refractivity contribution in [2.75, 3.05) is 24.9 Å². The van der Waals surface area contributed by atoms with Crippen LogP contribution < -0.4 is 20.1 Å². The van der Waals surface area contributed by atoms with Crippen molar-refractivity contribution in [2.24, 2.45) is 20.5 Å². The molecule has 3 aromatic carbocycles. The van der Waals surface area contributed by atoms with Crippen LogP contribution in [-0.4, -0.2) is 49.7 Å². The van der Waals surface area contributed by atoms with Gasteiger partial charge in [-0.1, -0.05) is 0 Å². The van der Waals surface area contributed by atoms with Gasteiger partial charge in [0.25, 0.3) is 11.8 Å². The SMILES string of the molecule is COc1ccc(N=NC(C(C)=O)C(=O)Nc2cc(C)c(NC(=O)C(N=Nc3ccc(OC)cc3)C(C)=O)cc2C)cc1.[HH].[HH]. The predicted molar refractivity (Wildman–Crippen MR) is 161 cm³/mol. The van der Waals surface area contributed by atoms with Crippen molar-refractivity contribution in [2.45, 2.75) is 39.8 Å². The zero-order valence-corrected chi connectivity index (χ0v) is 24.2. The van der Waals surface area contributed by atoms with Crippen molar-refractivity contribution in [3.8, 4) is 11.5 Å². The number of rotatable bonds is 12. The molecule has 0 aromatic heterocycles. The normalized spacial score (nSPS) is 12.5. The van der Waals surface area contributed by atoms with E-state index in [0.29, 0.717) is 45.4 Å². The molecule has 222 valence electrons. The monoisotopic (exact) mass is 576 g/mol. The van der Waals surface area contributed by atoms with Crippen molar-refractivity contribution in [1.82, 2.24) is 0 Å². The van der Waals surface area contributed by atoms with E-state index in [1.165, 1.54) is 28.1 Å². The van der Waals surface area contributed by atoms with Gasteiger partial charge in [-0.05, 0) is 99.5 Å². The lowest BCUT2D eigenvalue weighted by molar-refractivity contribution is -0.127. The van der Waals surface area contributed by atoms with Crippen LogP contribution in [-0.2, 0) is 19.2 Å². The standard InChI is InChI=1S/C30H32N6O6.2H2/c1-17-15-26(32-30(40)28(20(4)38)36-34-22-9-13-24(42-6)14-10-22)18(2)16-25(17)31-29(39)27(19(3)37)35-33-21-7-11-23(41-5)12-8-21;;/h7-16,27-28H,1-6H3,(H,31,39)(H,32,40);2*1H. The molecule has 3 rings (SSSR count). The Labute approximate surface area is 246 Å². The number of azo groups is 2. The van der Waals surface area contributed by atoms with Crippen molar-refractivity contribution in [3.05, 3.63) is 71.8 Å². The molecule has 3 aromatic rings. The fourth-order valence-corrected chi connectivity index (χ4v) is 3.67. The minimum Gasteiger partial charge on any atom is -0.497 e. The zero-order chi connectivity index (χ0) is 30.8. The van der Waals surface area contributed by atoms with Crippen LogP contribution in [0.1, 0.15) is 27.8 Å². The van der Waals surface area contributed by atoms with Crippen LogP contribution in [0.2, 0.25) is 0 Å². The molecule has 42 heavy (non-hydrogen) atoms. The number of aryl methyl sites for hydroxylation is 2. The Balaban J connectivity index is 0.00000484. The minimum atomic E-state index is -1.36. The van der Waals surface area contributed by atoms with Gasteiger partial charge in [0.2, 0.25) is 12.1 Å². The molecule has 2 atom stereocenters. The van der Waals surface area contributed by atoms with E-state index in [0.717, 1.165) is 0 Å². The highest BCUT2D eigenvalue weighted by molar-refractivity contribution is 6.11. The number of hydrogen-bond donors (Lipinski definition) is 2. The summed E-state index contributed by atoms with van der Waals surface area (Å²) in [7, 11) is 3.08. The fraction of sp³-hybridized carbons (Fsp3) is 0.267. The number of anilines is 2. The van der Waals surface area contributed by atoms with E-state index < -0.39 is 35.5 Å². The lowest BCUT2D eigenvalue weighted by Gasteiger charge is -2.16. The highest BCUT2D eigenvalue weighted by Crippen LogP contribution is 2.26. The number of ketones is 2. The Morgan fingerprint density at radius 3 is 1.26 bits per heavy atom. The first-order valence-corrected chi connectivity index (χ1v) is 12.9. The third-order valence-corrected chi connectivity index (χ3v) is 6.08. The smallest absolute Gasteiger partial charge is 0.258 e. The number of nitrogens with zero attached hydrogens (tertiary/aromatic N) is 4. The van der Waals surface area contributed by atoms with Crippen molar-refractivity contribution in [1.29, 1.82) is 0 Å². The van der Waals surface area contributed by atoms with E-state index in [2.05, 4.69) is 31.1 Å². The average molecular weight is 577 g/mol. The van der Waals surface area contributed by atoms with E-state index in [4.69, 9.17) is 9.47 Å². The molecule has 2 unspecified atom stereocenters. The van der Waals surface area contributed by atoms with Crippen molar-refractivity contribution >= 4 is 46.1 Å². The summed E-state index contributed by atoms with van der Waals surface area (Å²) in [6.07, 6.45) is 0. The Morgan fingerprint density at radius 2 is 0.976 bits per heavy atom. The van der Waals surface area contributed by atoms with Crippen molar-refractivity contribution in [3.63, 3.8) is 0 Å². The summed E-state index contributed by atoms with van der Waals surface area (Å²) >= 11 is 0. The lowest BCUT2D eigenvalue weighted by Crippen LogP contribution is -2.32. The number of carbonyl (C=O) groups excluding carboxylic acids is 4. The van der Waals surface area contributed by atoms with Gasteiger partial charge in [0.15, 0.2) is 11.6 Å². The van der Waals surface area contributed by atoms with Gasteiger partial charge in [-0.15, -0.1) is 0 Å². The van der Waals surface area contributed by atoms with Gasteiger partial charge in [-0.3, -0.25) is 19.2 Å². The third-order valence-electron chi connectivity index (χ3n) is 6.08. The molecule has 0 aliphatic heterocycles. The number of carbonyl (C=O) groups is 4. The Hall–Kier alpha value is -5.26. The predicted octanol–water partition coefficient (Wildman–Crippen LogP) is 6.17. The van der Waals surface area contributed by atoms with Gasteiger partial charge in [0, 0.05) is 14.2 Å². The number of nitrogens with one attached hydrogen (secondary N) is 2. The van der Waals surface area contributed by atoms with E-state index in [-0.39, 0.29) is 2.85 Å². The van der Waals surface area contributed by atoms with Crippen LogP contribution in [0.3, 0.4) is 0 Å². The van der Waals surface area contributed by atoms with Gasteiger partial charge in [-0.25, -0.2) is 0 Å². The highest BCUT2D eigenvalue weighted by Gasteiger charge is 2.26. The molecular weight excluding hydrogens is 540 g/mol. The van der Waals surface area contributed by atoms with Gasteiger partial charge >= 0.3 is 0 Å². The molecule has 2 N–H and O–H groups in total.